The van der Waals surface area contributed by atoms with Crippen molar-refractivity contribution in [2.45, 2.75) is 26.6 Å². The second-order valence-electron chi connectivity index (χ2n) is 5.66. The lowest BCUT2D eigenvalue weighted by atomic mass is 10.1. The van der Waals surface area contributed by atoms with E-state index in [-0.39, 0.29) is 0 Å². The number of aryl methyl sites for hydroxylation is 1. The fourth-order valence-electron chi connectivity index (χ4n) is 2.08. The topological polar surface area (TPSA) is 132 Å². The lowest BCUT2D eigenvalue weighted by molar-refractivity contribution is -2.00. The summed E-state index contributed by atoms with van der Waals surface area (Å²) in [6.07, 6.45) is 1.77. The Morgan fingerprint density at radius 2 is 1.56 bits per heavy atom. The first-order chi connectivity index (χ1) is 12.3. The lowest BCUT2D eigenvalue weighted by Crippen LogP contribution is -3.09. The molecule has 1 rings (SSSR count). The smallest absolute Gasteiger partial charge is 0.324 e. The number of quaternary nitrogens is 1. The number of likely N-dealkylation sites (N-methyl/N-ethyl adjacent to an activating group) is 1. The van der Waals surface area contributed by atoms with Gasteiger partial charge in [0.15, 0.2) is 0 Å². The molecule has 0 saturated heterocycles. The first kappa shape index (κ1) is 26.5. The van der Waals surface area contributed by atoms with Crippen LogP contribution in [0.3, 0.4) is 0 Å². The molecule has 1 N–H and O–H groups in total. The van der Waals surface area contributed by atoms with Gasteiger partial charge in [-0.1, -0.05) is 41.4 Å². The highest BCUT2D eigenvalue weighted by Gasteiger charge is 2.39. The van der Waals surface area contributed by atoms with E-state index in [1.54, 1.807) is 19.9 Å². The highest BCUT2D eigenvalue weighted by Crippen LogP contribution is 2.51. The summed E-state index contributed by atoms with van der Waals surface area (Å²) in [5.41, 5.74) is 2.05. The lowest BCUT2D eigenvalue weighted by Gasteiger charge is -2.26. The molecular weight excluding hydrogens is 420 g/mol. The van der Waals surface area contributed by atoms with E-state index in [4.69, 9.17) is 39.3 Å². The maximum absolute atomic E-state index is 13.0. The van der Waals surface area contributed by atoms with Crippen molar-refractivity contribution < 1.29 is 47.4 Å². The van der Waals surface area contributed by atoms with Gasteiger partial charge in [0.1, 0.15) is 0 Å². The van der Waals surface area contributed by atoms with Crippen molar-refractivity contribution in [2.75, 3.05) is 27.3 Å². The zero-order valence-electron chi connectivity index (χ0n) is 15.9. The molecular formula is C16H26Cl2NO7P. The number of nitrogens with one attached hydrogen (secondary N) is 1. The molecule has 1 aromatic rings. The fourth-order valence-corrected chi connectivity index (χ4v) is 4.50. The number of rotatable bonds is 8. The third-order valence-electron chi connectivity index (χ3n) is 3.18. The predicted octanol–water partition coefficient (Wildman–Crippen LogP) is -1.44. The molecule has 0 radical (unpaired) electrons. The van der Waals surface area contributed by atoms with Crippen LogP contribution in [0.15, 0.2) is 30.3 Å². The van der Waals surface area contributed by atoms with Crippen LogP contribution in [0.4, 0.5) is 0 Å². The molecule has 0 aliphatic rings. The molecule has 8 nitrogen and oxygen atoms in total. The third-order valence-corrected chi connectivity index (χ3v) is 6.11. The maximum Gasteiger partial charge on any atom is 0.391 e. The molecule has 27 heavy (non-hydrogen) atoms. The zero-order chi connectivity index (χ0) is 21.3. The van der Waals surface area contributed by atoms with Gasteiger partial charge in [-0.15, -0.1) is 10.2 Å². The van der Waals surface area contributed by atoms with Crippen molar-refractivity contribution in [3.8, 4) is 0 Å². The Hall–Kier alpha value is -0.510. The summed E-state index contributed by atoms with van der Waals surface area (Å²) in [5.74, 6) is -0.457. The highest BCUT2D eigenvalue weighted by atomic mass is 35.7. The molecule has 0 saturated carbocycles. The van der Waals surface area contributed by atoms with E-state index in [1.807, 2.05) is 45.3 Å². The van der Waals surface area contributed by atoms with Gasteiger partial charge < -0.3 is 13.9 Å². The van der Waals surface area contributed by atoms with Gasteiger partial charge >= 0.3 is 7.60 Å². The standard InChI is InChI=1S/C16H25ClNO3P.ClHO4/c1-6-20-22(19,21-7-2)16(18(4)5)12-15(17)14-10-8-13(3)9-11-14;2-1(3,4)5/h8-12,16H,6-7H2,1-5H3;(H,2,3,4,5)/b15-12+;. The van der Waals surface area contributed by atoms with Gasteiger partial charge in [0.05, 0.1) is 32.3 Å². The van der Waals surface area contributed by atoms with Crippen molar-refractivity contribution in [3.63, 3.8) is 0 Å². The van der Waals surface area contributed by atoms with Crippen LogP contribution >= 0.6 is 19.2 Å². The Morgan fingerprint density at radius 3 is 1.89 bits per heavy atom. The molecule has 156 valence electrons. The largest absolute Gasteiger partial charge is 0.391 e. The van der Waals surface area contributed by atoms with E-state index in [0.29, 0.717) is 18.2 Å². The monoisotopic (exact) mass is 445 g/mol. The van der Waals surface area contributed by atoms with Gasteiger partial charge in [-0.3, -0.25) is 4.57 Å². The summed E-state index contributed by atoms with van der Waals surface area (Å²) < 4.78 is 57.9. The summed E-state index contributed by atoms with van der Waals surface area (Å²) in [5, 5.41) is 0.547. The van der Waals surface area contributed by atoms with Gasteiger partial charge in [0.25, 0.3) is 0 Å². The highest BCUT2D eigenvalue weighted by molar-refractivity contribution is 7.54. The van der Waals surface area contributed by atoms with Crippen LogP contribution in [-0.2, 0) is 13.6 Å². The number of hydrogen-bond donors (Lipinski definition) is 1. The molecule has 0 fully saturated rings. The van der Waals surface area contributed by atoms with E-state index in [0.717, 1.165) is 16.0 Å². The van der Waals surface area contributed by atoms with Crippen LogP contribution in [0.5, 0.6) is 0 Å². The predicted molar refractivity (Wildman–Crippen MR) is 92.5 cm³/mol. The summed E-state index contributed by atoms with van der Waals surface area (Å²) in [6, 6.07) is 7.88. The molecule has 0 spiro atoms. The molecule has 1 atom stereocenters. The van der Waals surface area contributed by atoms with Crippen LogP contribution in [-0.4, -0.2) is 33.1 Å². The van der Waals surface area contributed by atoms with Crippen LogP contribution in [0.2, 0.25) is 0 Å². The molecule has 0 bridgehead atoms. The quantitative estimate of drug-likeness (QED) is 0.484. The Kier molecular flexibility index (Phi) is 11.9. The molecule has 0 aliphatic heterocycles. The van der Waals surface area contributed by atoms with Gasteiger partial charge in [-0.05, 0) is 26.3 Å². The van der Waals surface area contributed by atoms with E-state index in [2.05, 4.69) is 0 Å². The maximum atomic E-state index is 13.0. The summed E-state index contributed by atoms with van der Waals surface area (Å²) >= 11 is 6.42. The van der Waals surface area contributed by atoms with E-state index >= 15 is 0 Å². The summed E-state index contributed by atoms with van der Waals surface area (Å²) in [7, 11) is -4.40. The fraction of sp³-hybridized carbons (Fsp3) is 0.500. The molecule has 0 heterocycles. The van der Waals surface area contributed by atoms with E-state index < -0.39 is 23.6 Å². The second kappa shape index (κ2) is 12.1. The zero-order valence-corrected chi connectivity index (χ0v) is 18.3. The second-order valence-corrected chi connectivity index (χ2v) is 8.97. The summed E-state index contributed by atoms with van der Waals surface area (Å²) in [6.45, 7) is 6.29. The number of benzene rings is 1. The molecule has 0 aromatic heterocycles. The molecule has 0 amide bonds. The van der Waals surface area contributed by atoms with Crippen molar-refractivity contribution in [2.24, 2.45) is 0 Å². The molecule has 0 aliphatic carbocycles. The van der Waals surface area contributed by atoms with Crippen LogP contribution in [0.25, 0.3) is 5.03 Å². The molecule has 11 heteroatoms. The van der Waals surface area contributed by atoms with E-state index in [1.165, 1.54) is 0 Å². The molecule has 1 unspecified atom stereocenters. The van der Waals surface area contributed by atoms with Crippen LogP contribution in [0.1, 0.15) is 25.0 Å². The first-order valence-electron chi connectivity index (χ1n) is 8.09. The molecule has 1 aromatic carbocycles. The Bertz CT molecular complexity index is 617. The Balaban J connectivity index is 0.00000119. The van der Waals surface area contributed by atoms with Crippen LogP contribution < -0.4 is 23.5 Å². The van der Waals surface area contributed by atoms with Crippen LogP contribution in [0, 0.1) is 17.2 Å². The average molecular weight is 446 g/mol. The SMILES string of the molecule is CCOP(=O)(OCC)C(/C=C(/Cl)c1ccc(C)cc1)[NH+](C)C.[O-][Cl+3]([O-])([O-])[O-]. The average Bonchev–Trinajstić information content (AvgIpc) is 2.51. The Morgan fingerprint density at radius 1 is 1.15 bits per heavy atom. The minimum atomic E-state index is -4.94. The van der Waals surface area contributed by atoms with Crippen molar-refractivity contribution in [3.05, 3.63) is 41.5 Å². The number of hydrogen-bond acceptors (Lipinski definition) is 7. The van der Waals surface area contributed by atoms with Gasteiger partial charge in [0.2, 0.25) is 5.78 Å². The first-order valence-corrected chi connectivity index (χ1v) is 11.3. The van der Waals surface area contributed by atoms with Crippen molar-refractivity contribution >= 4 is 24.2 Å². The van der Waals surface area contributed by atoms with Gasteiger partial charge in [0, 0.05) is 6.08 Å². The van der Waals surface area contributed by atoms with Gasteiger partial charge in [-0.2, -0.15) is 0 Å². The van der Waals surface area contributed by atoms with Gasteiger partial charge in [-0.25, -0.2) is 18.6 Å². The third kappa shape index (κ3) is 11.2. The summed E-state index contributed by atoms with van der Waals surface area (Å²) in [4.78, 5) is 0.940. The Labute approximate surface area is 167 Å². The normalized spacial score (nSPS) is 14.0. The number of halogens is 2. The minimum Gasteiger partial charge on any atom is -0.324 e. The van der Waals surface area contributed by atoms with Crippen molar-refractivity contribution in [1.82, 2.24) is 0 Å². The van der Waals surface area contributed by atoms with Crippen molar-refractivity contribution in [1.29, 1.82) is 0 Å². The minimum absolute atomic E-state index is 0.330. The van der Waals surface area contributed by atoms with E-state index in [9.17, 15) is 4.57 Å².